The number of halogens is 3. The van der Waals surface area contributed by atoms with Crippen LogP contribution < -0.4 is 10.2 Å². The second-order valence-corrected chi connectivity index (χ2v) is 7.11. The monoisotopic (exact) mass is 414 g/mol. The molecule has 0 spiro atoms. The Hall–Kier alpha value is -2.30. The highest BCUT2D eigenvalue weighted by Gasteiger charge is 2.34. The van der Waals surface area contributed by atoms with Crippen LogP contribution in [0.2, 0.25) is 0 Å². The minimum absolute atomic E-state index is 0.0120. The molecular weight excluding hydrogens is 393 g/mol. The topological polar surface area (TPSA) is 84.2 Å². The number of anilines is 1. The first kappa shape index (κ1) is 20.0. The number of aliphatic hydroxyl groups is 1. The number of carbonyl (C=O) groups is 1. The Morgan fingerprint density at radius 1 is 1.21 bits per heavy atom. The predicted octanol–water partition coefficient (Wildman–Crippen LogP) is 2.17. The average molecular weight is 414 g/mol. The molecule has 0 saturated carbocycles. The van der Waals surface area contributed by atoms with Gasteiger partial charge < -0.3 is 29.2 Å². The SMILES string of the molecule is O=C1NCCN(CC[C@H]2CO[C@@H](CO)CO2)c2c1oc1ccc(C(F)(F)F)cc21. The van der Waals surface area contributed by atoms with Crippen LogP contribution in [0.15, 0.2) is 22.6 Å². The fourth-order valence-electron chi connectivity index (χ4n) is 3.60. The van der Waals surface area contributed by atoms with Crippen LogP contribution in [0.3, 0.4) is 0 Å². The maximum atomic E-state index is 13.2. The lowest BCUT2D eigenvalue weighted by Crippen LogP contribution is -2.40. The van der Waals surface area contributed by atoms with E-state index in [4.69, 9.17) is 19.0 Å². The number of alkyl halides is 3. The van der Waals surface area contributed by atoms with E-state index in [0.29, 0.717) is 38.3 Å². The Bertz CT molecular complexity index is 890. The number of ether oxygens (including phenoxy) is 2. The predicted molar refractivity (Wildman–Crippen MR) is 96.9 cm³/mol. The van der Waals surface area contributed by atoms with Gasteiger partial charge in [0.05, 0.1) is 37.2 Å². The Labute approximate surface area is 164 Å². The number of nitrogens with one attached hydrogen (secondary N) is 1. The number of furan rings is 1. The van der Waals surface area contributed by atoms with E-state index in [1.807, 2.05) is 4.90 Å². The number of hydrogen-bond donors (Lipinski definition) is 2. The molecule has 2 N–H and O–H groups in total. The van der Waals surface area contributed by atoms with Crippen molar-refractivity contribution < 1.29 is 37.0 Å². The lowest BCUT2D eigenvalue weighted by Gasteiger charge is -2.30. The highest BCUT2D eigenvalue weighted by atomic mass is 19.4. The Morgan fingerprint density at radius 2 is 1.97 bits per heavy atom. The Kier molecular flexibility index (Phi) is 5.41. The molecule has 0 unspecified atom stereocenters. The minimum Gasteiger partial charge on any atom is -0.449 e. The number of nitrogens with zero attached hydrogens (tertiary/aromatic N) is 1. The van der Waals surface area contributed by atoms with Gasteiger partial charge in [-0.1, -0.05) is 0 Å². The third-order valence-corrected chi connectivity index (χ3v) is 5.14. The summed E-state index contributed by atoms with van der Waals surface area (Å²) in [5.74, 6) is -0.437. The lowest BCUT2D eigenvalue weighted by atomic mass is 10.1. The second kappa shape index (κ2) is 7.85. The number of aliphatic hydroxyl groups excluding tert-OH is 1. The van der Waals surface area contributed by atoms with E-state index in [2.05, 4.69) is 5.32 Å². The number of fused-ring (bicyclic) bond motifs is 3. The number of rotatable bonds is 4. The summed E-state index contributed by atoms with van der Waals surface area (Å²) in [6, 6.07) is 3.21. The summed E-state index contributed by atoms with van der Waals surface area (Å²) in [5.41, 5.74) is -0.198. The first-order valence-corrected chi connectivity index (χ1v) is 9.37. The van der Waals surface area contributed by atoms with Crippen LogP contribution in [0.5, 0.6) is 0 Å². The van der Waals surface area contributed by atoms with Crippen LogP contribution in [0.4, 0.5) is 18.9 Å². The van der Waals surface area contributed by atoms with Gasteiger partial charge in [-0.3, -0.25) is 4.79 Å². The number of carbonyl (C=O) groups excluding carboxylic acids is 1. The van der Waals surface area contributed by atoms with E-state index in [-0.39, 0.29) is 42.2 Å². The van der Waals surface area contributed by atoms with Crippen molar-refractivity contribution in [3.63, 3.8) is 0 Å². The summed E-state index contributed by atoms with van der Waals surface area (Å²) in [6.45, 7) is 1.72. The molecule has 1 saturated heterocycles. The van der Waals surface area contributed by atoms with E-state index in [1.54, 1.807) is 0 Å². The molecule has 1 aromatic heterocycles. The third kappa shape index (κ3) is 4.05. The highest BCUT2D eigenvalue weighted by molar-refractivity contribution is 6.07. The van der Waals surface area contributed by atoms with Gasteiger partial charge in [0.2, 0.25) is 5.76 Å². The molecule has 3 heterocycles. The lowest BCUT2D eigenvalue weighted by molar-refractivity contribution is -0.145. The molecule has 1 aromatic carbocycles. The molecular formula is C19H21F3N2O5. The molecule has 158 valence electrons. The Balaban J connectivity index is 1.61. The normalized spacial score (nSPS) is 23.0. The summed E-state index contributed by atoms with van der Waals surface area (Å²) in [5, 5.41) is 12.1. The summed E-state index contributed by atoms with van der Waals surface area (Å²) in [4.78, 5) is 14.2. The van der Waals surface area contributed by atoms with Crippen molar-refractivity contribution >= 4 is 22.6 Å². The standard InChI is InChI=1S/C19H21F3N2O5/c20-19(21,22)11-1-2-15-14(7-11)16-17(29-15)18(26)23-4-6-24(16)5-3-12-9-28-13(8-25)10-27-12/h1-2,7,12-13,25H,3-6,8-10H2,(H,23,26)/t12-,13-/m0/s1. The van der Waals surface area contributed by atoms with Gasteiger partial charge >= 0.3 is 6.18 Å². The van der Waals surface area contributed by atoms with Crippen molar-refractivity contribution in [3.8, 4) is 0 Å². The van der Waals surface area contributed by atoms with Crippen LogP contribution in [-0.4, -0.2) is 62.7 Å². The van der Waals surface area contributed by atoms with Gasteiger partial charge in [0, 0.05) is 25.0 Å². The van der Waals surface area contributed by atoms with Crippen molar-refractivity contribution in [3.05, 3.63) is 29.5 Å². The van der Waals surface area contributed by atoms with E-state index in [0.717, 1.165) is 12.1 Å². The molecule has 10 heteroatoms. The van der Waals surface area contributed by atoms with Gasteiger partial charge in [-0.05, 0) is 24.6 Å². The quantitative estimate of drug-likeness (QED) is 0.798. The summed E-state index contributed by atoms with van der Waals surface area (Å²) in [7, 11) is 0. The summed E-state index contributed by atoms with van der Waals surface area (Å²) < 4.78 is 56.3. The molecule has 2 aliphatic rings. The molecule has 2 atom stereocenters. The van der Waals surface area contributed by atoms with Crippen molar-refractivity contribution in [2.75, 3.05) is 44.4 Å². The van der Waals surface area contributed by atoms with E-state index in [9.17, 15) is 18.0 Å². The number of benzene rings is 1. The van der Waals surface area contributed by atoms with Crippen LogP contribution in [0, 0.1) is 0 Å². The molecule has 1 fully saturated rings. The van der Waals surface area contributed by atoms with Gasteiger partial charge in [0.25, 0.3) is 5.91 Å². The summed E-state index contributed by atoms with van der Waals surface area (Å²) >= 11 is 0. The second-order valence-electron chi connectivity index (χ2n) is 7.11. The first-order valence-electron chi connectivity index (χ1n) is 9.37. The van der Waals surface area contributed by atoms with E-state index >= 15 is 0 Å². The Morgan fingerprint density at radius 3 is 2.66 bits per heavy atom. The van der Waals surface area contributed by atoms with Crippen molar-refractivity contribution in [1.82, 2.24) is 5.32 Å². The van der Waals surface area contributed by atoms with Gasteiger partial charge in [-0.2, -0.15) is 13.2 Å². The van der Waals surface area contributed by atoms with Gasteiger partial charge in [0.1, 0.15) is 11.7 Å². The van der Waals surface area contributed by atoms with Crippen LogP contribution >= 0.6 is 0 Å². The zero-order valence-corrected chi connectivity index (χ0v) is 15.5. The highest BCUT2D eigenvalue weighted by Crippen LogP contribution is 2.39. The van der Waals surface area contributed by atoms with Crippen LogP contribution in [0.1, 0.15) is 22.5 Å². The smallest absolute Gasteiger partial charge is 0.416 e. The zero-order chi connectivity index (χ0) is 20.6. The van der Waals surface area contributed by atoms with E-state index < -0.39 is 17.6 Å². The molecule has 0 bridgehead atoms. The maximum absolute atomic E-state index is 13.2. The van der Waals surface area contributed by atoms with Crippen molar-refractivity contribution in [2.24, 2.45) is 0 Å². The van der Waals surface area contributed by atoms with Crippen LogP contribution in [-0.2, 0) is 15.7 Å². The molecule has 2 aromatic rings. The number of amides is 1. The molecule has 7 nitrogen and oxygen atoms in total. The van der Waals surface area contributed by atoms with Crippen molar-refractivity contribution in [1.29, 1.82) is 0 Å². The zero-order valence-electron chi connectivity index (χ0n) is 15.5. The molecule has 4 rings (SSSR count). The molecule has 29 heavy (non-hydrogen) atoms. The molecule has 0 aliphatic carbocycles. The maximum Gasteiger partial charge on any atom is 0.416 e. The number of hydrogen-bond acceptors (Lipinski definition) is 6. The van der Waals surface area contributed by atoms with Gasteiger partial charge in [-0.25, -0.2) is 0 Å². The van der Waals surface area contributed by atoms with Crippen LogP contribution in [0.25, 0.3) is 11.0 Å². The van der Waals surface area contributed by atoms with Crippen molar-refractivity contribution in [2.45, 2.75) is 24.8 Å². The fraction of sp³-hybridized carbons (Fsp3) is 0.526. The van der Waals surface area contributed by atoms with Gasteiger partial charge in [0.15, 0.2) is 0 Å². The van der Waals surface area contributed by atoms with E-state index in [1.165, 1.54) is 6.07 Å². The summed E-state index contributed by atoms with van der Waals surface area (Å²) in [6.07, 6.45) is -4.47. The average Bonchev–Trinajstić information content (AvgIpc) is 3.01. The first-order chi connectivity index (χ1) is 13.9. The largest absolute Gasteiger partial charge is 0.449 e. The molecule has 1 amide bonds. The van der Waals surface area contributed by atoms with Gasteiger partial charge in [-0.15, -0.1) is 0 Å². The molecule has 0 radical (unpaired) electrons. The minimum atomic E-state index is -4.49. The third-order valence-electron chi connectivity index (χ3n) is 5.14. The fourth-order valence-corrected chi connectivity index (χ4v) is 3.60. The molecule has 2 aliphatic heterocycles.